The number of aromatic carboxylic acids is 1. The lowest BCUT2D eigenvalue weighted by Gasteiger charge is -2.36. The maximum Gasteiger partial charge on any atom is 0.336 e. The van der Waals surface area contributed by atoms with Crippen LogP contribution < -0.4 is 4.90 Å². The molecule has 0 atom stereocenters. The van der Waals surface area contributed by atoms with E-state index >= 15 is 0 Å². The minimum absolute atomic E-state index is 0.204. The molecule has 0 fully saturated rings. The number of benzene rings is 3. The Kier molecular flexibility index (Phi) is 4.89. The molecule has 0 unspecified atom stereocenters. The fourth-order valence-corrected chi connectivity index (χ4v) is 6.64. The summed E-state index contributed by atoms with van der Waals surface area (Å²) >= 11 is 1.51. The number of anilines is 1. The first-order valence-corrected chi connectivity index (χ1v) is 13.0. The molecule has 0 saturated heterocycles. The summed E-state index contributed by atoms with van der Waals surface area (Å²) in [6.45, 7) is 2.09. The molecular formula is C28H23N3O4S. The van der Waals surface area contributed by atoms with Gasteiger partial charge in [-0.2, -0.15) is 0 Å². The minimum atomic E-state index is -0.994. The van der Waals surface area contributed by atoms with E-state index in [0.717, 1.165) is 59.9 Å². The van der Waals surface area contributed by atoms with E-state index in [1.807, 2.05) is 36.4 Å². The molecule has 3 aromatic carbocycles. The van der Waals surface area contributed by atoms with Crippen molar-refractivity contribution in [2.45, 2.75) is 25.7 Å². The Balaban J connectivity index is 1.64. The van der Waals surface area contributed by atoms with Gasteiger partial charge in [-0.15, -0.1) is 11.3 Å². The largest absolute Gasteiger partial charge is 0.478 e. The Labute approximate surface area is 210 Å². The van der Waals surface area contributed by atoms with Gasteiger partial charge in [-0.1, -0.05) is 35.7 Å². The van der Waals surface area contributed by atoms with Crippen LogP contribution in [0.3, 0.4) is 0 Å². The second-order valence-corrected chi connectivity index (χ2v) is 10.3. The number of aromatic nitrogens is 2. The summed E-state index contributed by atoms with van der Waals surface area (Å²) in [6, 6.07) is 17.1. The van der Waals surface area contributed by atoms with E-state index in [2.05, 4.69) is 16.3 Å². The molecule has 2 aliphatic heterocycles. The zero-order chi connectivity index (χ0) is 24.2. The van der Waals surface area contributed by atoms with Crippen LogP contribution in [0.15, 0.2) is 63.6 Å². The zero-order valence-corrected chi connectivity index (χ0v) is 20.2. The molecule has 180 valence electrons. The van der Waals surface area contributed by atoms with Gasteiger partial charge in [0.1, 0.15) is 0 Å². The molecule has 0 saturated carbocycles. The average molecular weight is 498 g/mol. The summed E-state index contributed by atoms with van der Waals surface area (Å²) in [5.74, 6) is -0.536. The lowest BCUT2D eigenvalue weighted by molar-refractivity contribution is 0.0697. The summed E-state index contributed by atoms with van der Waals surface area (Å²) in [4.78, 5) is 19.6. The molecule has 36 heavy (non-hydrogen) atoms. The Hall–Kier alpha value is -4.04. The van der Waals surface area contributed by atoms with E-state index in [0.29, 0.717) is 27.5 Å². The van der Waals surface area contributed by atoms with E-state index in [-0.39, 0.29) is 5.56 Å². The van der Waals surface area contributed by atoms with Gasteiger partial charge in [0.05, 0.1) is 15.8 Å². The molecule has 0 bridgehead atoms. The number of thiazole rings is 1. The molecule has 2 aliphatic rings. The predicted molar refractivity (Wildman–Crippen MR) is 140 cm³/mol. The van der Waals surface area contributed by atoms with Crippen LogP contribution in [0, 0.1) is 0 Å². The standard InChI is InChI=1S/C28H23N3O4S/c32-28(33)18-9-2-1-8-17(18)23-20-15-16-7-5-13-31-14-6-10-19(24(16)31)25(20)34-30-35-26(23)27-29-21-11-3-4-12-22(21)36-27/h1-4,8-9,11-12,15,30H,5-7,10,13-14H2,(H,32,33). The lowest BCUT2D eigenvalue weighted by atomic mass is 9.87. The molecule has 0 amide bonds. The van der Waals surface area contributed by atoms with Crippen LogP contribution in [0.5, 0.6) is 0 Å². The third-order valence-corrected chi connectivity index (χ3v) is 8.21. The van der Waals surface area contributed by atoms with Crippen molar-refractivity contribution in [1.82, 2.24) is 10.3 Å². The maximum atomic E-state index is 12.3. The Morgan fingerprint density at radius 2 is 1.83 bits per heavy atom. The molecule has 2 aromatic heterocycles. The third kappa shape index (κ3) is 3.25. The Bertz CT molecular complexity index is 1670. The highest BCUT2D eigenvalue weighted by Crippen LogP contribution is 2.45. The van der Waals surface area contributed by atoms with Gasteiger partial charge in [0, 0.05) is 40.9 Å². The van der Waals surface area contributed by atoms with Crippen LogP contribution in [0.1, 0.15) is 34.3 Å². The van der Waals surface area contributed by atoms with E-state index in [4.69, 9.17) is 14.0 Å². The molecule has 8 heteroatoms. The Morgan fingerprint density at radius 3 is 2.69 bits per heavy atom. The van der Waals surface area contributed by atoms with Crippen molar-refractivity contribution in [3.63, 3.8) is 0 Å². The fraction of sp³-hybridized carbons (Fsp3) is 0.214. The topological polar surface area (TPSA) is 95.5 Å². The number of hydrogen-bond acceptors (Lipinski definition) is 6. The maximum absolute atomic E-state index is 12.3. The highest BCUT2D eigenvalue weighted by Gasteiger charge is 2.30. The molecule has 0 aliphatic carbocycles. The number of aryl methyl sites for hydroxylation is 2. The Morgan fingerprint density at radius 1 is 1.03 bits per heavy atom. The van der Waals surface area contributed by atoms with Gasteiger partial charge in [-0.05, 0) is 55.5 Å². The van der Waals surface area contributed by atoms with Gasteiger partial charge in [-0.25, -0.2) is 9.78 Å². The first-order valence-electron chi connectivity index (χ1n) is 12.1. The van der Waals surface area contributed by atoms with Crippen molar-refractivity contribution in [3.05, 3.63) is 71.3 Å². The van der Waals surface area contributed by atoms with E-state index in [1.54, 1.807) is 12.1 Å². The van der Waals surface area contributed by atoms with Gasteiger partial charge in [-0.3, -0.25) is 0 Å². The van der Waals surface area contributed by atoms with Crippen LogP contribution in [0.25, 0.3) is 43.1 Å². The monoisotopic (exact) mass is 497 g/mol. The van der Waals surface area contributed by atoms with Crippen LogP contribution in [-0.2, 0) is 12.8 Å². The fourth-order valence-electron chi connectivity index (χ4n) is 5.69. The zero-order valence-electron chi connectivity index (χ0n) is 19.4. The lowest BCUT2D eigenvalue weighted by Crippen LogP contribution is -2.34. The van der Waals surface area contributed by atoms with Crippen molar-refractivity contribution in [2.75, 3.05) is 18.0 Å². The molecule has 0 radical (unpaired) electrons. The number of fused-ring (bicyclic) bond motifs is 3. The second-order valence-electron chi connectivity index (χ2n) is 9.26. The van der Waals surface area contributed by atoms with Gasteiger partial charge in [0.15, 0.2) is 10.6 Å². The molecule has 4 heterocycles. The van der Waals surface area contributed by atoms with Crippen molar-refractivity contribution in [1.29, 1.82) is 0 Å². The van der Waals surface area contributed by atoms with Crippen molar-refractivity contribution < 1.29 is 18.9 Å². The van der Waals surface area contributed by atoms with Gasteiger partial charge in [0.2, 0.25) is 5.76 Å². The second kappa shape index (κ2) is 8.27. The van der Waals surface area contributed by atoms with Crippen LogP contribution in [0.2, 0.25) is 0 Å². The highest BCUT2D eigenvalue weighted by atomic mass is 32.1. The number of H-pyrrole nitrogens is 1. The number of nitrogens with one attached hydrogen (secondary N) is 1. The van der Waals surface area contributed by atoms with Crippen molar-refractivity contribution in [3.8, 4) is 21.9 Å². The van der Waals surface area contributed by atoms with Crippen molar-refractivity contribution in [2.24, 2.45) is 0 Å². The van der Waals surface area contributed by atoms with E-state index in [9.17, 15) is 9.90 Å². The molecular weight excluding hydrogens is 474 g/mol. The summed E-state index contributed by atoms with van der Waals surface area (Å²) in [5.41, 5.74) is 6.71. The van der Waals surface area contributed by atoms with Gasteiger partial charge < -0.3 is 19.1 Å². The normalized spacial score (nSPS) is 14.7. The molecule has 7 nitrogen and oxygen atoms in total. The summed E-state index contributed by atoms with van der Waals surface area (Å²) in [5, 5.41) is 14.3. The van der Waals surface area contributed by atoms with Gasteiger partial charge >= 0.3 is 5.97 Å². The SMILES string of the molecule is O=C(O)c1ccccc1-c1c(-c2nc3ccccc3s2)o[nH]oc2c3c4c(cc12)CCCN4CCC3. The minimum Gasteiger partial charge on any atom is -0.478 e. The molecule has 0 spiro atoms. The number of carboxylic acids is 1. The first kappa shape index (κ1) is 21.3. The highest BCUT2D eigenvalue weighted by molar-refractivity contribution is 7.21. The van der Waals surface area contributed by atoms with Crippen LogP contribution in [0.4, 0.5) is 5.69 Å². The summed E-state index contributed by atoms with van der Waals surface area (Å²) in [7, 11) is 0. The smallest absolute Gasteiger partial charge is 0.336 e. The van der Waals surface area contributed by atoms with E-state index < -0.39 is 5.97 Å². The average Bonchev–Trinajstić information content (AvgIpc) is 3.24. The predicted octanol–water partition coefficient (Wildman–Crippen LogP) is 6.82. The van der Waals surface area contributed by atoms with Crippen LogP contribution >= 0.6 is 11.3 Å². The number of aromatic amines is 1. The number of carbonyl (C=O) groups is 1. The number of para-hydroxylation sites is 1. The number of nitrogens with zero attached hydrogens (tertiary/aromatic N) is 2. The molecule has 2 N–H and O–H groups in total. The summed E-state index contributed by atoms with van der Waals surface area (Å²) in [6.07, 6.45) is 4.01. The van der Waals surface area contributed by atoms with Crippen LogP contribution in [-0.4, -0.2) is 34.5 Å². The quantitative estimate of drug-likeness (QED) is 0.284. The first-order chi connectivity index (χ1) is 17.7. The molecule has 5 aromatic rings. The third-order valence-electron chi connectivity index (χ3n) is 7.17. The number of rotatable bonds is 3. The van der Waals surface area contributed by atoms with Crippen molar-refractivity contribution >= 4 is 44.2 Å². The van der Waals surface area contributed by atoms with Gasteiger partial charge in [0.25, 0.3) is 0 Å². The number of carboxylic acid groups (broad SMARTS) is 1. The molecule has 7 rings (SSSR count). The summed E-state index contributed by atoms with van der Waals surface area (Å²) < 4.78 is 13.2. The number of hydrogen-bond donors (Lipinski definition) is 2. The van der Waals surface area contributed by atoms with E-state index in [1.165, 1.54) is 22.6 Å².